The van der Waals surface area contributed by atoms with E-state index in [-0.39, 0.29) is 0 Å². The van der Waals surface area contributed by atoms with E-state index < -0.39 is 48.9 Å². The maximum absolute atomic E-state index is 11.7. The van der Waals surface area contributed by atoms with E-state index in [2.05, 4.69) is 18.9 Å². The molecule has 0 atom stereocenters. The van der Waals surface area contributed by atoms with Crippen molar-refractivity contribution < 1.29 is 43.2 Å². The summed E-state index contributed by atoms with van der Waals surface area (Å²) in [4.78, 5) is 44.9. The third-order valence-electron chi connectivity index (χ3n) is 2.26. The van der Waals surface area contributed by atoms with Crippen LogP contribution in [0.25, 0.3) is 0 Å². The van der Waals surface area contributed by atoms with Crippen LogP contribution >= 0.6 is 0 Å². The molecule has 0 spiro atoms. The zero-order chi connectivity index (χ0) is 15.8. The van der Waals surface area contributed by atoms with Crippen molar-refractivity contribution in [2.24, 2.45) is 0 Å². The maximum Gasteiger partial charge on any atom is 0.344 e. The first kappa shape index (κ1) is 17.8. The fourth-order valence-corrected chi connectivity index (χ4v) is 1.15. The molecule has 9 heteroatoms. The van der Waals surface area contributed by atoms with Gasteiger partial charge in [-0.15, -0.1) is 0 Å². The predicted molar refractivity (Wildman–Crippen MR) is 61.2 cm³/mol. The Morgan fingerprint density at radius 2 is 1.25 bits per heavy atom. The fraction of sp³-hybridized carbons (Fsp3) is 0.636. The fourth-order valence-electron chi connectivity index (χ4n) is 1.15. The quantitative estimate of drug-likeness (QED) is 0.443. The first-order valence-electron chi connectivity index (χ1n) is 5.39. The van der Waals surface area contributed by atoms with Crippen molar-refractivity contribution in [3.05, 3.63) is 0 Å². The molecule has 0 aromatic carbocycles. The number of carbonyl (C=O) groups excluding carboxylic acids is 4. The van der Waals surface area contributed by atoms with Gasteiger partial charge in [-0.2, -0.15) is 0 Å². The van der Waals surface area contributed by atoms with Gasteiger partial charge in [-0.3, -0.25) is 9.59 Å². The first-order valence-corrected chi connectivity index (χ1v) is 5.39. The van der Waals surface area contributed by atoms with Gasteiger partial charge in [0.1, 0.15) is 0 Å². The summed E-state index contributed by atoms with van der Waals surface area (Å²) >= 11 is 0. The van der Waals surface area contributed by atoms with Crippen LogP contribution in [0.5, 0.6) is 0 Å². The molecule has 0 unspecified atom stereocenters. The molecule has 9 nitrogen and oxygen atoms in total. The Morgan fingerprint density at radius 1 is 0.850 bits per heavy atom. The van der Waals surface area contributed by atoms with E-state index in [9.17, 15) is 24.3 Å². The Bertz CT molecular complexity index is 369. The van der Waals surface area contributed by atoms with Crippen LogP contribution in [0.2, 0.25) is 0 Å². The Morgan fingerprint density at radius 3 is 1.60 bits per heavy atom. The van der Waals surface area contributed by atoms with Gasteiger partial charge in [0.15, 0.2) is 12.2 Å². The highest BCUT2D eigenvalue weighted by atomic mass is 16.6. The van der Waals surface area contributed by atoms with E-state index in [0.29, 0.717) is 0 Å². The molecule has 1 N–H and O–H groups in total. The number of rotatable bonds is 7. The summed E-state index contributed by atoms with van der Waals surface area (Å²) in [5, 5.41) is 10.0. The highest BCUT2D eigenvalue weighted by molar-refractivity contribution is 5.90. The Kier molecular flexibility index (Phi) is 7.22. The third-order valence-corrected chi connectivity index (χ3v) is 2.26. The van der Waals surface area contributed by atoms with E-state index in [1.54, 1.807) is 0 Å². The number of hydrogen-bond donors (Lipinski definition) is 1. The second kappa shape index (κ2) is 8.10. The van der Waals surface area contributed by atoms with Gasteiger partial charge in [-0.25, -0.2) is 9.59 Å². The topological polar surface area (TPSA) is 125 Å². The van der Waals surface area contributed by atoms with Crippen molar-refractivity contribution in [1.29, 1.82) is 0 Å². The summed E-state index contributed by atoms with van der Waals surface area (Å²) in [5.41, 5.74) is -2.48. The Hall–Kier alpha value is -2.16. The molecule has 0 saturated heterocycles. The lowest BCUT2D eigenvalue weighted by molar-refractivity contribution is -0.179. The normalized spacial score (nSPS) is 10.4. The van der Waals surface area contributed by atoms with Gasteiger partial charge in [0, 0.05) is 0 Å². The molecule has 0 rings (SSSR count). The van der Waals surface area contributed by atoms with Crippen LogP contribution in [0.4, 0.5) is 0 Å². The van der Waals surface area contributed by atoms with Crippen molar-refractivity contribution in [3.8, 4) is 0 Å². The van der Waals surface area contributed by atoms with Crippen LogP contribution in [-0.4, -0.2) is 62.5 Å². The summed E-state index contributed by atoms with van der Waals surface area (Å²) in [6.07, 6.45) is -1.64. The van der Waals surface area contributed by atoms with Gasteiger partial charge < -0.3 is 24.1 Å². The number of hydrogen-bond acceptors (Lipinski definition) is 9. The van der Waals surface area contributed by atoms with Crippen LogP contribution in [0.15, 0.2) is 0 Å². The van der Waals surface area contributed by atoms with Crippen molar-refractivity contribution in [2.45, 2.75) is 18.4 Å². The number of ether oxygens (including phenoxy) is 4. The third kappa shape index (κ3) is 5.65. The molecule has 0 saturated carbocycles. The van der Waals surface area contributed by atoms with Crippen LogP contribution in [0, 0.1) is 0 Å². The largest absolute Gasteiger partial charge is 0.469 e. The number of methoxy groups -OCH3 is 3. The second-order valence-corrected chi connectivity index (χ2v) is 3.69. The summed E-state index contributed by atoms with van der Waals surface area (Å²) in [6.45, 7) is -0.764. The minimum Gasteiger partial charge on any atom is -0.469 e. The van der Waals surface area contributed by atoms with Crippen LogP contribution in [-0.2, 0) is 38.1 Å². The number of esters is 4. The van der Waals surface area contributed by atoms with Crippen molar-refractivity contribution in [1.82, 2.24) is 0 Å². The summed E-state index contributed by atoms with van der Waals surface area (Å²) in [7, 11) is 3.16. The molecule has 0 aromatic heterocycles. The minimum absolute atomic E-state index is 0.764. The molecule has 0 heterocycles. The molecule has 0 radical (unpaired) electrons. The zero-order valence-corrected chi connectivity index (χ0v) is 11.3. The zero-order valence-electron chi connectivity index (χ0n) is 11.3. The van der Waals surface area contributed by atoms with Crippen LogP contribution in [0.1, 0.15) is 12.8 Å². The van der Waals surface area contributed by atoms with Crippen molar-refractivity contribution in [3.63, 3.8) is 0 Å². The highest BCUT2D eigenvalue weighted by Gasteiger charge is 2.43. The van der Waals surface area contributed by atoms with Crippen LogP contribution < -0.4 is 0 Å². The average molecular weight is 292 g/mol. The van der Waals surface area contributed by atoms with Gasteiger partial charge in [0.05, 0.1) is 34.2 Å². The second-order valence-electron chi connectivity index (χ2n) is 3.69. The van der Waals surface area contributed by atoms with Crippen molar-refractivity contribution in [2.75, 3.05) is 27.9 Å². The monoisotopic (exact) mass is 292 g/mol. The SMILES string of the molecule is COC(=O)COC(=O)C(O)(CC(=O)OC)CC(=O)OC. The average Bonchev–Trinajstić information content (AvgIpc) is 2.43. The molecular formula is C11H16O9. The molecule has 0 aliphatic heterocycles. The van der Waals surface area contributed by atoms with Crippen molar-refractivity contribution >= 4 is 23.9 Å². The molecule has 0 aliphatic carbocycles. The molecule has 0 fully saturated rings. The molecule has 0 aromatic rings. The lowest BCUT2D eigenvalue weighted by atomic mass is 9.95. The van der Waals surface area contributed by atoms with E-state index in [4.69, 9.17) is 0 Å². The molecular weight excluding hydrogens is 276 g/mol. The summed E-state index contributed by atoms with van der Waals surface area (Å²) in [5.74, 6) is -4.08. The molecule has 20 heavy (non-hydrogen) atoms. The lowest BCUT2D eigenvalue weighted by Crippen LogP contribution is -2.45. The molecule has 0 bridgehead atoms. The van der Waals surface area contributed by atoms with Gasteiger partial charge in [-0.1, -0.05) is 0 Å². The maximum atomic E-state index is 11.7. The summed E-state index contributed by atoms with van der Waals surface area (Å²) < 4.78 is 17.3. The minimum atomic E-state index is -2.48. The first-order chi connectivity index (χ1) is 9.28. The molecule has 114 valence electrons. The van der Waals surface area contributed by atoms with Gasteiger partial charge in [0.25, 0.3) is 0 Å². The predicted octanol–water partition coefficient (Wildman–Crippen LogP) is -1.44. The van der Waals surface area contributed by atoms with E-state index in [0.717, 1.165) is 21.3 Å². The molecule has 0 aliphatic rings. The molecule has 0 amide bonds. The number of carbonyl (C=O) groups is 4. The van der Waals surface area contributed by atoms with E-state index >= 15 is 0 Å². The van der Waals surface area contributed by atoms with Gasteiger partial charge >= 0.3 is 23.9 Å². The lowest BCUT2D eigenvalue weighted by Gasteiger charge is -2.23. The van der Waals surface area contributed by atoms with Gasteiger partial charge in [-0.05, 0) is 0 Å². The number of aliphatic hydroxyl groups is 1. The highest BCUT2D eigenvalue weighted by Crippen LogP contribution is 2.19. The van der Waals surface area contributed by atoms with Gasteiger partial charge in [0.2, 0.25) is 0 Å². The van der Waals surface area contributed by atoms with E-state index in [1.165, 1.54) is 0 Å². The standard InChI is InChI=1S/C11H16O9/c1-17-7(12)4-11(16,5-8(13)18-2)10(15)20-6-9(14)19-3/h16H,4-6H2,1-3H3. The smallest absolute Gasteiger partial charge is 0.344 e. The van der Waals surface area contributed by atoms with E-state index in [1.807, 2.05) is 0 Å². The summed E-state index contributed by atoms with van der Waals surface area (Å²) in [6, 6.07) is 0. The Labute approximate surface area is 114 Å². The Balaban J connectivity index is 4.89. The van der Waals surface area contributed by atoms with Crippen LogP contribution in [0.3, 0.4) is 0 Å².